The summed E-state index contributed by atoms with van der Waals surface area (Å²) in [5, 5.41) is 8.43. The Morgan fingerprint density at radius 3 is 2.67 bits per heavy atom. The third-order valence-corrected chi connectivity index (χ3v) is 5.76. The predicted octanol–water partition coefficient (Wildman–Crippen LogP) is 2.95. The molecule has 1 aromatic carbocycles. The maximum Gasteiger partial charge on any atom is 0.277 e. The molecule has 1 amide bonds. The molecule has 158 valence electrons. The van der Waals surface area contributed by atoms with Crippen LogP contribution in [-0.4, -0.2) is 71.0 Å². The van der Waals surface area contributed by atoms with Crippen molar-refractivity contribution in [2.24, 2.45) is 0 Å². The first-order chi connectivity index (χ1) is 14.7. The number of hydrogen-bond donors (Lipinski definition) is 0. The van der Waals surface area contributed by atoms with Gasteiger partial charge < -0.3 is 18.5 Å². The van der Waals surface area contributed by atoms with Gasteiger partial charge in [-0.15, -0.1) is 10.2 Å². The van der Waals surface area contributed by atoms with Gasteiger partial charge in [-0.05, 0) is 25.1 Å². The van der Waals surface area contributed by atoms with Crippen LogP contribution in [0.25, 0.3) is 11.5 Å². The number of thioether (sulfide) groups is 1. The molecule has 9 heteroatoms. The lowest BCUT2D eigenvalue weighted by molar-refractivity contribution is -0.130. The zero-order valence-corrected chi connectivity index (χ0v) is 17.6. The summed E-state index contributed by atoms with van der Waals surface area (Å²) in [6, 6.07) is 11.6. The highest BCUT2D eigenvalue weighted by molar-refractivity contribution is 7.99. The van der Waals surface area contributed by atoms with Gasteiger partial charge in [0.2, 0.25) is 5.91 Å². The zero-order chi connectivity index (χ0) is 20.8. The van der Waals surface area contributed by atoms with Crippen LogP contribution < -0.4 is 4.74 Å². The standard InChI is InChI=1S/C21H24N4O4S/c1-16-18(7-13-27-16)20-22-23-21(29-20)30-15-19(26)25-10-8-24(9-11-25)12-14-28-17-5-3-2-4-6-17/h2-7,13H,8-12,14-15H2,1H3. The molecule has 0 aliphatic carbocycles. The summed E-state index contributed by atoms with van der Waals surface area (Å²) in [6.45, 7) is 6.46. The molecule has 1 aliphatic heterocycles. The number of ether oxygens (including phenoxy) is 1. The van der Waals surface area contributed by atoms with Gasteiger partial charge in [0.05, 0.1) is 17.6 Å². The Bertz CT molecular complexity index is 951. The maximum absolute atomic E-state index is 12.5. The predicted molar refractivity (Wildman–Crippen MR) is 112 cm³/mol. The van der Waals surface area contributed by atoms with Gasteiger partial charge in [-0.25, -0.2) is 0 Å². The van der Waals surface area contributed by atoms with Crippen LogP contribution in [0.2, 0.25) is 0 Å². The molecule has 0 spiro atoms. The Balaban J connectivity index is 1.17. The summed E-state index contributed by atoms with van der Waals surface area (Å²) in [6.07, 6.45) is 1.58. The second kappa shape index (κ2) is 9.82. The lowest BCUT2D eigenvalue weighted by Gasteiger charge is -2.34. The first-order valence-corrected chi connectivity index (χ1v) is 10.9. The van der Waals surface area contributed by atoms with Crippen molar-refractivity contribution in [2.75, 3.05) is 45.1 Å². The van der Waals surface area contributed by atoms with Crippen LogP contribution in [-0.2, 0) is 4.79 Å². The molecule has 3 aromatic rings. The third kappa shape index (κ3) is 5.22. The van der Waals surface area contributed by atoms with Crippen molar-refractivity contribution >= 4 is 17.7 Å². The topological polar surface area (TPSA) is 84.8 Å². The smallest absolute Gasteiger partial charge is 0.277 e. The van der Waals surface area contributed by atoms with Crippen LogP contribution in [0.1, 0.15) is 5.76 Å². The lowest BCUT2D eigenvalue weighted by Crippen LogP contribution is -2.50. The summed E-state index contributed by atoms with van der Waals surface area (Å²) >= 11 is 1.26. The van der Waals surface area contributed by atoms with E-state index in [0.29, 0.717) is 30.8 Å². The lowest BCUT2D eigenvalue weighted by atomic mass is 10.3. The molecule has 0 saturated carbocycles. The molecular formula is C21H24N4O4S. The molecule has 30 heavy (non-hydrogen) atoms. The highest BCUT2D eigenvalue weighted by Crippen LogP contribution is 2.26. The van der Waals surface area contributed by atoms with Crippen molar-refractivity contribution in [3.63, 3.8) is 0 Å². The summed E-state index contributed by atoms with van der Waals surface area (Å²) in [5.74, 6) is 2.37. The number of piperazine rings is 1. The van der Waals surface area contributed by atoms with Crippen LogP contribution >= 0.6 is 11.8 Å². The Kier molecular flexibility index (Phi) is 6.70. The molecule has 2 aromatic heterocycles. The highest BCUT2D eigenvalue weighted by atomic mass is 32.2. The van der Waals surface area contributed by atoms with Crippen molar-refractivity contribution < 1.29 is 18.4 Å². The van der Waals surface area contributed by atoms with E-state index in [4.69, 9.17) is 13.6 Å². The highest BCUT2D eigenvalue weighted by Gasteiger charge is 2.22. The minimum Gasteiger partial charge on any atom is -0.492 e. The molecule has 8 nitrogen and oxygen atoms in total. The number of carbonyl (C=O) groups is 1. The molecule has 1 fully saturated rings. The van der Waals surface area contributed by atoms with Crippen LogP contribution in [0.3, 0.4) is 0 Å². The molecule has 4 rings (SSSR count). The molecule has 1 saturated heterocycles. The number of aryl methyl sites for hydroxylation is 1. The van der Waals surface area contributed by atoms with E-state index in [-0.39, 0.29) is 11.7 Å². The number of aromatic nitrogens is 2. The molecular weight excluding hydrogens is 404 g/mol. The third-order valence-electron chi connectivity index (χ3n) is 4.96. The minimum atomic E-state index is 0.0828. The molecule has 0 N–H and O–H groups in total. The van der Waals surface area contributed by atoms with Gasteiger partial charge in [0.15, 0.2) is 0 Å². The number of benzene rings is 1. The van der Waals surface area contributed by atoms with Crippen molar-refractivity contribution in [2.45, 2.75) is 12.1 Å². The fourth-order valence-corrected chi connectivity index (χ4v) is 3.89. The number of furan rings is 1. The molecule has 0 unspecified atom stereocenters. The Hall–Kier alpha value is -2.78. The fraction of sp³-hybridized carbons (Fsp3) is 0.381. The number of hydrogen-bond acceptors (Lipinski definition) is 8. The average Bonchev–Trinajstić information content (AvgIpc) is 3.42. The first-order valence-electron chi connectivity index (χ1n) is 9.88. The first kappa shape index (κ1) is 20.5. The van der Waals surface area contributed by atoms with Gasteiger partial charge in [-0.2, -0.15) is 0 Å². The van der Waals surface area contributed by atoms with E-state index in [1.165, 1.54) is 11.8 Å². The summed E-state index contributed by atoms with van der Waals surface area (Å²) in [5.41, 5.74) is 0.771. The van der Waals surface area contributed by atoms with Gasteiger partial charge in [0.25, 0.3) is 11.1 Å². The quantitative estimate of drug-likeness (QED) is 0.506. The number of amides is 1. The van der Waals surface area contributed by atoms with Gasteiger partial charge in [-0.3, -0.25) is 9.69 Å². The van der Waals surface area contributed by atoms with Crippen LogP contribution in [0, 0.1) is 6.92 Å². The van der Waals surface area contributed by atoms with E-state index in [9.17, 15) is 4.79 Å². The van der Waals surface area contributed by atoms with Gasteiger partial charge in [0, 0.05) is 32.7 Å². The summed E-state index contributed by atoms with van der Waals surface area (Å²) < 4.78 is 16.6. The Labute approximate surface area is 179 Å². The Morgan fingerprint density at radius 1 is 1.13 bits per heavy atom. The van der Waals surface area contributed by atoms with Crippen molar-refractivity contribution in [1.29, 1.82) is 0 Å². The summed E-state index contributed by atoms with van der Waals surface area (Å²) in [4.78, 5) is 16.7. The fourth-order valence-electron chi connectivity index (χ4n) is 3.23. The number of rotatable bonds is 8. The number of para-hydroxylation sites is 1. The monoisotopic (exact) mass is 428 g/mol. The van der Waals surface area contributed by atoms with Crippen molar-refractivity contribution in [1.82, 2.24) is 20.0 Å². The number of carbonyl (C=O) groups excluding carboxylic acids is 1. The summed E-state index contributed by atoms with van der Waals surface area (Å²) in [7, 11) is 0. The average molecular weight is 429 g/mol. The van der Waals surface area contributed by atoms with E-state index < -0.39 is 0 Å². The van der Waals surface area contributed by atoms with Crippen molar-refractivity contribution in [3.8, 4) is 17.2 Å². The molecule has 0 atom stereocenters. The van der Waals surface area contributed by atoms with Crippen LogP contribution in [0.15, 0.2) is 56.7 Å². The normalized spacial score (nSPS) is 14.8. The van der Waals surface area contributed by atoms with E-state index in [1.54, 1.807) is 12.3 Å². The number of nitrogens with zero attached hydrogens (tertiary/aromatic N) is 4. The second-order valence-corrected chi connectivity index (χ2v) is 7.86. The van der Waals surface area contributed by atoms with Crippen LogP contribution in [0.4, 0.5) is 0 Å². The minimum absolute atomic E-state index is 0.0828. The van der Waals surface area contributed by atoms with Gasteiger partial charge in [0.1, 0.15) is 18.1 Å². The molecule has 1 aliphatic rings. The van der Waals surface area contributed by atoms with E-state index in [0.717, 1.165) is 36.7 Å². The maximum atomic E-state index is 12.5. The Morgan fingerprint density at radius 2 is 1.93 bits per heavy atom. The molecule has 0 bridgehead atoms. The van der Waals surface area contributed by atoms with Crippen LogP contribution in [0.5, 0.6) is 5.75 Å². The van der Waals surface area contributed by atoms with E-state index in [1.807, 2.05) is 42.2 Å². The molecule has 3 heterocycles. The van der Waals surface area contributed by atoms with E-state index in [2.05, 4.69) is 15.1 Å². The van der Waals surface area contributed by atoms with Gasteiger partial charge >= 0.3 is 0 Å². The SMILES string of the molecule is Cc1occc1-c1nnc(SCC(=O)N2CCN(CCOc3ccccc3)CC2)o1. The van der Waals surface area contributed by atoms with E-state index >= 15 is 0 Å². The molecule has 0 radical (unpaired) electrons. The van der Waals surface area contributed by atoms with Gasteiger partial charge in [-0.1, -0.05) is 30.0 Å². The zero-order valence-electron chi connectivity index (χ0n) is 16.8. The largest absolute Gasteiger partial charge is 0.492 e. The van der Waals surface area contributed by atoms with Crippen molar-refractivity contribution in [3.05, 3.63) is 48.4 Å². The second-order valence-electron chi connectivity index (χ2n) is 6.94.